The molecule has 3 aromatic rings. The highest BCUT2D eigenvalue weighted by Gasteiger charge is 2.07. The zero-order valence-electron chi connectivity index (χ0n) is 15.7. The molecule has 0 bridgehead atoms. The Morgan fingerprint density at radius 3 is 2.52 bits per heavy atom. The van der Waals surface area contributed by atoms with Gasteiger partial charge in [-0.3, -0.25) is 0 Å². The monoisotopic (exact) mass is 365 g/mol. The topological polar surface area (TPSA) is 66.4 Å². The van der Waals surface area contributed by atoms with Crippen molar-refractivity contribution < 1.29 is 9.84 Å². The molecule has 0 aliphatic heterocycles. The fourth-order valence-corrected chi connectivity index (χ4v) is 3.00. The van der Waals surface area contributed by atoms with Crippen LogP contribution in [-0.2, 0) is 0 Å². The minimum atomic E-state index is 0.238. The number of benzene rings is 2. The van der Waals surface area contributed by atoms with Crippen molar-refractivity contribution in [2.75, 3.05) is 38.7 Å². The number of fused-ring (bicyclic) bond motifs is 1. The third kappa shape index (κ3) is 5.18. The summed E-state index contributed by atoms with van der Waals surface area (Å²) in [4.78, 5) is 4.82. The highest BCUT2D eigenvalue weighted by molar-refractivity contribution is 5.93. The summed E-state index contributed by atoms with van der Waals surface area (Å²) in [6.45, 7) is 2.90. The summed E-state index contributed by atoms with van der Waals surface area (Å²) < 4.78 is 5.25. The van der Waals surface area contributed by atoms with Crippen LogP contribution in [0.5, 0.6) is 5.75 Å². The Morgan fingerprint density at radius 1 is 0.963 bits per heavy atom. The number of pyridine rings is 1. The van der Waals surface area contributed by atoms with Crippen LogP contribution in [0.1, 0.15) is 12.8 Å². The largest absolute Gasteiger partial charge is 0.497 e. The van der Waals surface area contributed by atoms with Crippen LogP contribution in [0.4, 0.5) is 5.69 Å². The summed E-state index contributed by atoms with van der Waals surface area (Å²) >= 11 is 0. The Bertz CT molecular complexity index is 850. The molecule has 0 amide bonds. The van der Waals surface area contributed by atoms with Crippen molar-refractivity contribution in [2.24, 2.45) is 0 Å². The molecule has 142 valence electrons. The molecule has 5 nitrogen and oxygen atoms in total. The summed E-state index contributed by atoms with van der Waals surface area (Å²) in [6, 6.07) is 18.3. The maximum Gasteiger partial charge on any atom is 0.118 e. The lowest BCUT2D eigenvalue weighted by Gasteiger charge is -2.13. The summed E-state index contributed by atoms with van der Waals surface area (Å²) in [7, 11) is 1.67. The number of para-hydroxylation sites is 1. The second-order valence-corrected chi connectivity index (χ2v) is 6.41. The van der Waals surface area contributed by atoms with Gasteiger partial charge in [0.15, 0.2) is 0 Å². The molecule has 1 aromatic heterocycles. The van der Waals surface area contributed by atoms with Gasteiger partial charge in [-0.25, -0.2) is 4.98 Å². The lowest BCUT2D eigenvalue weighted by Crippen LogP contribution is -2.20. The van der Waals surface area contributed by atoms with E-state index in [4.69, 9.17) is 14.8 Å². The van der Waals surface area contributed by atoms with Crippen molar-refractivity contribution in [3.05, 3.63) is 54.6 Å². The number of hydrogen-bond donors (Lipinski definition) is 3. The first-order chi connectivity index (χ1) is 13.3. The van der Waals surface area contributed by atoms with E-state index in [1.165, 1.54) is 0 Å². The van der Waals surface area contributed by atoms with Gasteiger partial charge < -0.3 is 20.5 Å². The van der Waals surface area contributed by atoms with Gasteiger partial charge in [-0.1, -0.05) is 18.2 Å². The number of ether oxygens (including phenoxy) is 1. The van der Waals surface area contributed by atoms with E-state index < -0.39 is 0 Å². The normalized spacial score (nSPS) is 10.9. The first-order valence-electron chi connectivity index (χ1n) is 9.41. The average molecular weight is 365 g/mol. The van der Waals surface area contributed by atoms with Crippen molar-refractivity contribution in [2.45, 2.75) is 12.8 Å². The molecule has 27 heavy (non-hydrogen) atoms. The number of nitrogens with zero attached hydrogens (tertiary/aromatic N) is 1. The molecular formula is C22H27N3O2. The smallest absolute Gasteiger partial charge is 0.118 e. The van der Waals surface area contributed by atoms with Gasteiger partial charge in [-0.05, 0) is 62.3 Å². The first kappa shape index (κ1) is 19.1. The molecule has 3 N–H and O–H groups in total. The van der Waals surface area contributed by atoms with Gasteiger partial charge in [0.2, 0.25) is 0 Å². The Hall–Kier alpha value is -2.63. The van der Waals surface area contributed by atoms with Crippen LogP contribution in [0, 0.1) is 0 Å². The number of hydrogen-bond acceptors (Lipinski definition) is 5. The number of methoxy groups -OCH3 is 1. The van der Waals surface area contributed by atoms with Crippen molar-refractivity contribution in [3.63, 3.8) is 0 Å². The molecule has 0 aliphatic rings. The van der Waals surface area contributed by atoms with Gasteiger partial charge in [0.1, 0.15) is 5.75 Å². The van der Waals surface area contributed by atoms with E-state index in [1.54, 1.807) is 7.11 Å². The van der Waals surface area contributed by atoms with Crippen molar-refractivity contribution in [3.8, 4) is 17.0 Å². The Morgan fingerprint density at radius 2 is 1.74 bits per heavy atom. The van der Waals surface area contributed by atoms with Gasteiger partial charge in [0.05, 0.1) is 18.3 Å². The summed E-state index contributed by atoms with van der Waals surface area (Å²) in [5, 5.41) is 16.8. The van der Waals surface area contributed by atoms with Crippen LogP contribution in [0.15, 0.2) is 54.6 Å². The minimum absolute atomic E-state index is 0.238. The number of aliphatic hydroxyl groups is 1. The highest BCUT2D eigenvalue weighted by Crippen LogP contribution is 2.29. The maximum absolute atomic E-state index is 8.80. The van der Waals surface area contributed by atoms with E-state index in [0.29, 0.717) is 0 Å². The lowest BCUT2D eigenvalue weighted by molar-refractivity contribution is 0.286. The van der Waals surface area contributed by atoms with Gasteiger partial charge >= 0.3 is 0 Å². The molecule has 0 radical (unpaired) electrons. The second-order valence-electron chi connectivity index (χ2n) is 6.41. The van der Waals surface area contributed by atoms with Crippen LogP contribution in [0.25, 0.3) is 22.2 Å². The predicted molar refractivity (Wildman–Crippen MR) is 111 cm³/mol. The standard InChI is InChI=1S/C22H27N3O2/c1-27-18-10-8-17(9-11-18)21-16-22(19-6-2-3-7-20(19)25-21)24-14-4-12-23-13-5-15-26/h2-3,6-11,16,23,26H,4-5,12-15H2,1H3,(H,24,25). The Balaban J connectivity index is 1.74. The van der Waals surface area contributed by atoms with Gasteiger partial charge in [-0.2, -0.15) is 0 Å². The molecule has 1 heterocycles. The highest BCUT2D eigenvalue weighted by atomic mass is 16.5. The Kier molecular flexibility index (Phi) is 7.02. The van der Waals surface area contributed by atoms with E-state index in [9.17, 15) is 0 Å². The molecule has 3 rings (SSSR count). The molecular weight excluding hydrogens is 338 g/mol. The Labute approximate surface area is 160 Å². The number of aromatic nitrogens is 1. The zero-order valence-corrected chi connectivity index (χ0v) is 15.7. The van der Waals surface area contributed by atoms with Crippen molar-refractivity contribution >= 4 is 16.6 Å². The van der Waals surface area contributed by atoms with E-state index in [-0.39, 0.29) is 6.61 Å². The van der Waals surface area contributed by atoms with E-state index in [2.05, 4.69) is 22.8 Å². The summed E-state index contributed by atoms with van der Waals surface area (Å²) in [5.74, 6) is 0.839. The van der Waals surface area contributed by atoms with Crippen LogP contribution < -0.4 is 15.4 Å². The molecule has 0 fully saturated rings. The molecule has 0 saturated heterocycles. The fraction of sp³-hybridized carbons (Fsp3) is 0.318. The number of anilines is 1. The number of nitrogens with one attached hydrogen (secondary N) is 2. The lowest BCUT2D eigenvalue weighted by atomic mass is 10.1. The zero-order chi connectivity index (χ0) is 18.9. The van der Waals surface area contributed by atoms with Crippen molar-refractivity contribution in [1.29, 1.82) is 0 Å². The fourth-order valence-electron chi connectivity index (χ4n) is 3.00. The minimum Gasteiger partial charge on any atom is -0.497 e. The number of aliphatic hydroxyl groups excluding tert-OH is 1. The molecule has 0 spiro atoms. The molecule has 5 heteroatoms. The van der Waals surface area contributed by atoms with Crippen LogP contribution >= 0.6 is 0 Å². The molecule has 0 saturated carbocycles. The third-order valence-corrected chi connectivity index (χ3v) is 4.46. The molecule has 0 aliphatic carbocycles. The van der Waals surface area contributed by atoms with Crippen LogP contribution in [-0.4, -0.2) is 43.4 Å². The third-order valence-electron chi connectivity index (χ3n) is 4.46. The summed E-state index contributed by atoms with van der Waals surface area (Å²) in [6.07, 6.45) is 1.81. The van der Waals surface area contributed by atoms with Crippen LogP contribution in [0.3, 0.4) is 0 Å². The molecule has 0 atom stereocenters. The molecule has 0 unspecified atom stereocenters. The average Bonchev–Trinajstić information content (AvgIpc) is 2.73. The van der Waals surface area contributed by atoms with Gasteiger partial charge in [0, 0.05) is 29.8 Å². The van der Waals surface area contributed by atoms with Gasteiger partial charge in [-0.15, -0.1) is 0 Å². The SMILES string of the molecule is COc1ccc(-c2cc(NCCCNCCCO)c3ccccc3n2)cc1. The second kappa shape index (κ2) is 9.90. The van der Waals surface area contributed by atoms with E-state index in [0.717, 1.165) is 66.1 Å². The maximum atomic E-state index is 8.80. The summed E-state index contributed by atoms with van der Waals surface area (Å²) in [5.41, 5.74) is 4.09. The van der Waals surface area contributed by atoms with Crippen LogP contribution in [0.2, 0.25) is 0 Å². The molecule has 2 aromatic carbocycles. The van der Waals surface area contributed by atoms with E-state index >= 15 is 0 Å². The number of rotatable bonds is 10. The quantitative estimate of drug-likeness (QED) is 0.478. The van der Waals surface area contributed by atoms with Crippen molar-refractivity contribution in [1.82, 2.24) is 10.3 Å². The predicted octanol–water partition coefficient (Wildman–Crippen LogP) is 3.68. The van der Waals surface area contributed by atoms with Gasteiger partial charge in [0.25, 0.3) is 0 Å². The van der Waals surface area contributed by atoms with E-state index in [1.807, 2.05) is 42.5 Å². The first-order valence-corrected chi connectivity index (χ1v) is 9.41.